The summed E-state index contributed by atoms with van der Waals surface area (Å²) in [4.78, 5) is 32.2. The molecule has 0 aliphatic carbocycles. The summed E-state index contributed by atoms with van der Waals surface area (Å²) in [6.07, 6.45) is 3.42. The summed E-state index contributed by atoms with van der Waals surface area (Å²) in [6, 6.07) is 17.1. The molecule has 0 bridgehead atoms. The van der Waals surface area contributed by atoms with Crippen LogP contribution >= 0.6 is 0 Å². The number of ether oxygens (including phenoxy) is 4. The standard InChI is InChI=1S/C31H31FN2O6/c1-21-3-8-28(32)23(15-21)17-25(35)16-22-4-6-26(7-5-22)40-27-9-10-33-30(19-27)29-18-24(20-34-29)31(36)39-14-13-38-12-11-37-2/h3-10,15,18-20,34H,11-14,16-17H2,1-2H3. The first-order valence-electron chi connectivity index (χ1n) is 12.8. The molecule has 2 heterocycles. The first-order valence-corrected chi connectivity index (χ1v) is 12.8. The summed E-state index contributed by atoms with van der Waals surface area (Å²) in [5.74, 6) is 0.237. The van der Waals surface area contributed by atoms with Crippen molar-refractivity contribution in [2.45, 2.75) is 19.8 Å². The number of carbonyl (C=O) groups excluding carboxylic acids is 2. The van der Waals surface area contributed by atoms with Gasteiger partial charge >= 0.3 is 5.97 Å². The maximum absolute atomic E-state index is 14.0. The molecule has 1 N–H and O–H groups in total. The quantitative estimate of drug-likeness (QED) is 0.165. The van der Waals surface area contributed by atoms with Gasteiger partial charge in [0.15, 0.2) is 0 Å². The van der Waals surface area contributed by atoms with Crippen molar-refractivity contribution < 1.29 is 32.9 Å². The van der Waals surface area contributed by atoms with E-state index in [0.29, 0.717) is 47.2 Å². The van der Waals surface area contributed by atoms with Crippen LogP contribution in [-0.2, 0) is 31.8 Å². The summed E-state index contributed by atoms with van der Waals surface area (Å²) < 4.78 is 35.4. The number of Topliss-reactive ketones (excluding diaryl/α,β-unsaturated/α-hetero) is 1. The lowest BCUT2D eigenvalue weighted by Gasteiger charge is -2.08. The number of aryl methyl sites for hydroxylation is 1. The van der Waals surface area contributed by atoms with Crippen LogP contribution < -0.4 is 4.74 Å². The zero-order chi connectivity index (χ0) is 28.3. The summed E-state index contributed by atoms with van der Waals surface area (Å²) in [5, 5.41) is 0. The number of H-pyrrole nitrogens is 1. The molecule has 0 radical (unpaired) electrons. The van der Waals surface area contributed by atoms with Crippen LogP contribution in [0.5, 0.6) is 11.5 Å². The van der Waals surface area contributed by atoms with Crippen molar-refractivity contribution in [3.05, 3.63) is 101 Å². The molecule has 0 spiro atoms. The molecule has 0 unspecified atom stereocenters. The minimum Gasteiger partial charge on any atom is -0.460 e. The van der Waals surface area contributed by atoms with Crippen LogP contribution in [0.4, 0.5) is 4.39 Å². The number of nitrogens with one attached hydrogen (secondary N) is 1. The molecule has 2 aromatic heterocycles. The Hall–Kier alpha value is -4.34. The number of carbonyl (C=O) groups is 2. The Labute approximate surface area is 232 Å². The lowest BCUT2D eigenvalue weighted by molar-refractivity contribution is -0.117. The fraction of sp³-hybridized carbons (Fsp3) is 0.258. The third-order valence-corrected chi connectivity index (χ3v) is 5.97. The van der Waals surface area contributed by atoms with Gasteiger partial charge in [-0.1, -0.05) is 29.8 Å². The number of ketones is 1. The van der Waals surface area contributed by atoms with Crippen molar-refractivity contribution in [3.63, 3.8) is 0 Å². The van der Waals surface area contributed by atoms with E-state index < -0.39 is 5.97 Å². The van der Waals surface area contributed by atoms with Gasteiger partial charge in [-0.05, 0) is 48.4 Å². The van der Waals surface area contributed by atoms with Gasteiger partial charge in [-0.15, -0.1) is 0 Å². The molecule has 0 saturated heterocycles. The number of rotatable bonds is 14. The Morgan fingerprint density at radius 2 is 1.70 bits per heavy atom. The predicted molar refractivity (Wildman–Crippen MR) is 147 cm³/mol. The maximum atomic E-state index is 14.0. The van der Waals surface area contributed by atoms with Gasteiger partial charge in [-0.25, -0.2) is 9.18 Å². The fourth-order valence-electron chi connectivity index (χ4n) is 3.96. The van der Waals surface area contributed by atoms with Crippen molar-refractivity contribution in [1.82, 2.24) is 9.97 Å². The van der Waals surface area contributed by atoms with Crippen LogP contribution in [0.2, 0.25) is 0 Å². The van der Waals surface area contributed by atoms with Crippen molar-refractivity contribution in [1.29, 1.82) is 0 Å². The van der Waals surface area contributed by atoms with Gasteiger partial charge in [0, 0.05) is 38.4 Å². The Kier molecular flexibility index (Phi) is 10.1. The molecule has 0 aliphatic rings. The third kappa shape index (κ3) is 8.33. The summed E-state index contributed by atoms with van der Waals surface area (Å²) in [6.45, 7) is 3.22. The van der Waals surface area contributed by atoms with Crippen molar-refractivity contribution in [2.24, 2.45) is 0 Å². The second-order valence-corrected chi connectivity index (χ2v) is 9.15. The largest absolute Gasteiger partial charge is 0.460 e. The van der Waals surface area contributed by atoms with E-state index in [1.165, 1.54) is 6.07 Å². The normalized spacial score (nSPS) is 10.9. The highest BCUT2D eigenvalue weighted by molar-refractivity contribution is 5.90. The van der Waals surface area contributed by atoms with Crippen LogP contribution in [0.3, 0.4) is 0 Å². The van der Waals surface area contributed by atoms with Crippen LogP contribution in [0.25, 0.3) is 11.4 Å². The number of halogens is 1. The monoisotopic (exact) mass is 546 g/mol. The molecule has 4 aromatic rings. The summed E-state index contributed by atoms with van der Waals surface area (Å²) in [7, 11) is 1.59. The van der Waals surface area contributed by atoms with Crippen LogP contribution in [0.15, 0.2) is 73.1 Å². The molecule has 0 fully saturated rings. The third-order valence-electron chi connectivity index (χ3n) is 5.97. The molecule has 9 heteroatoms. The van der Waals surface area contributed by atoms with E-state index in [2.05, 4.69) is 9.97 Å². The Bertz CT molecular complexity index is 1430. The Morgan fingerprint density at radius 3 is 2.50 bits per heavy atom. The molecule has 2 aromatic carbocycles. The number of hydrogen-bond donors (Lipinski definition) is 1. The number of esters is 1. The van der Waals surface area contributed by atoms with Crippen molar-refractivity contribution in [2.75, 3.05) is 33.5 Å². The SMILES string of the molecule is COCCOCCOC(=O)c1c[nH]c(-c2cc(Oc3ccc(CC(=O)Cc4cc(C)ccc4F)cc3)ccn2)c1. The number of methoxy groups -OCH3 is 1. The highest BCUT2D eigenvalue weighted by atomic mass is 19.1. The van der Waals surface area contributed by atoms with E-state index in [-0.39, 0.29) is 37.7 Å². The Balaban J connectivity index is 1.30. The Morgan fingerprint density at radius 1 is 0.900 bits per heavy atom. The zero-order valence-corrected chi connectivity index (χ0v) is 22.4. The van der Waals surface area contributed by atoms with Gasteiger partial charge in [-0.3, -0.25) is 9.78 Å². The molecular formula is C31H31FN2O6. The number of pyridine rings is 1. The van der Waals surface area contributed by atoms with Gasteiger partial charge in [0.1, 0.15) is 29.7 Å². The molecule has 0 atom stereocenters. The topological polar surface area (TPSA) is 99.7 Å². The van der Waals surface area contributed by atoms with Gasteiger partial charge in [0.2, 0.25) is 0 Å². The first kappa shape index (κ1) is 28.7. The minimum atomic E-state index is -0.465. The van der Waals surface area contributed by atoms with E-state index in [1.807, 2.05) is 19.1 Å². The van der Waals surface area contributed by atoms with Gasteiger partial charge in [0.25, 0.3) is 0 Å². The predicted octanol–water partition coefficient (Wildman–Crippen LogP) is 5.49. The van der Waals surface area contributed by atoms with Crippen molar-refractivity contribution >= 4 is 11.8 Å². The highest BCUT2D eigenvalue weighted by Crippen LogP contribution is 2.26. The number of hydrogen-bond acceptors (Lipinski definition) is 7. The van der Waals surface area contributed by atoms with Crippen LogP contribution in [0.1, 0.15) is 27.0 Å². The van der Waals surface area contributed by atoms with E-state index in [1.54, 1.807) is 62.0 Å². The molecular weight excluding hydrogens is 515 g/mol. The lowest BCUT2D eigenvalue weighted by atomic mass is 10.0. The maximum Gasteiger partial charge on any atom is 0.339 e. The number of aromatic nitrogens is 2. The number of aromatic amines is 1. The van der Waals surface area contributed by atoms with E-state index in [0.717, 1.165) is 11.1 Å². The number of nitrogens with zero attached hydrogens (tertiary/aromatic N) is 1. The van der Waals surface area contributed by atoms with Gasteiger partial charge < -0.3 is 23.9 Å². The molecule has 0 amide bonds. The van der Waals surface area contributed by atoms with Crippen LogP contribution in [0, 0.1) is 12.7 Å². The second kappa shape index (κ2) is 14.2. The molecule has 40 heavy (non-hydrogen) atoms. The molecule has 208 valence electrons. The highest BCUT2D eigenvalue weighted by Gasteiger charge is 2.13. The smallest absolute Gasteiger partial charge is 0.339 e. The van der Waals surface area contributed by atoms with E-state index in [9.17, 15) is 14.0 Å². The van der Waals surface area contributed by atoms with Crippen LogP contribution in [-0.4, -0.2) is 55.3 Å². The van der Waals surface area contributed by atoms with Gasteiger partial charge in [-0.2, -0.15) is 0 Å². The minimum absolute atomic E-state index is 0.0486. The average molecular weight is 547 g/mol. The second-order valence-electron chi connectivity index (χ2n) is 9.15. The molecule has 4 rings (SSSR count). The zero-order valence-electron chi connectivity index (χ0n) is 22.4. The number of benzene rings is 2. The summed E-state index contributed by atoms with van der Waals surface area (Å²) >= 11 is 0. The lowest BCUT2D eigenvalue weighted by Crippen LogP contribution is -2.12. The molecule has 8 nitrogen and oxygen atoms in total. The fourth-order valence-corrected chi connectivity index (χ4v) is 3.96. The summed E-state index contributed by atoms with van der Waals surface area (Å²) in [5.41, 5.74) is 3.73. The van der Waals surface area contributed by atoms with Gasteiger partial charge in [0.05, 0.1) is 36.8 Å². The van der Waals surface area contributed by atoms with Crippen molar-refractivity contribution in [3.8, 4) is 22.9 Å². The van der Waals surface area contributed by atoms with E-state index >= 15 is 0 Å². The molecule has 0 aliphatic heterocycles. The first-order chi connectivity index (χ1) is 19.4. The van der Waals surface area contributed by atoms with E-state index in [4.69, 9.17) is 18.9 Å². The molecule has 0 saturated carbocycles. The average Bonchev–Trinajstić information content (AvgIpc) is 3.45.